The van der Waals surface area contributed by atoms with Crippen LogP contribution in [0.4, 0.5) is 20.2 Å². The number of hydrogen-bond acceptors (Lipinski definition) is 5. The summed E-state index contributed by atoms with van der Waals surface area (Å²) in [5.41, 5.74) is 1.21. The molecule has 1 amide bonds. The quantitative estimate of drug-likeness (QED) is 0.559. The number of halogens is 2. The molecule has 0 aromatic heterocycles. The van der Waals surface area contributed by atoms with Crippen molar-refractivity contribution in [3.8, 4) is 0 Å². The van der Waals surface area contributed by atoms with Gasteiger partial charge in [-0.25, -0.2) is 25.6 Å². The average Bonchev–Trinajstić information content (AvgIpc) is 2.70. The van der Waals surface area contributed by atoms with Crippen LogP contribution in [-0.4, -0.2) is 29.0 Å². The summed E-state index contributed by atoms with van der Waals surface area (Å²) in [5.74, 6) is -2.99. The number of carbonyl (C=O) groups excluding carboxylic acids is 1. The molecule has 0 saturated carbocycles. The summed E-state index contributed by atoms with van der Waals surface area (Å²) in [6.07, 6.45) is 1.04. The van der Waals surface area contributed by atoms with Crippen molar-refractivity contribution in [2.75, 3.05) is 16.3 Å². The highest BCUT2D eigenvalue weighted by atomic mass is 32.2. The van der Waals surface area contributed by atoms with Gasteiger partial charge in [0.25, 0.3) is 15.9 Å². The molecule has 0 atom stereocenters. The van der Waals surface area contributed by atoms with Crippen molar-refractivity contribution in [1.29, 1.82) is 0 Å². The van der Waals surface area contributed by atoms with Gasteiger partial charge < -0.3 is 5.32 Å². The van der Waals surface area contributed by atoms with E-state index in [0.717, 1.165) is 12.3 Å². The molecule has 0 aliphatic heterocycles. The molecule has 0 aliphatic carbocycles. The third-order valence-electron chi connectivity index (χ3n) is 4.48. The molecule has 3 aromatic rings. The molecule has 3 aromatic carbocycles. The van der Waals surface area contributed by atoms with E-state index in [1.165, 1.54) is 42.5 Å². The Bertz CT molecular complexity index is 1400. The number of nitrogens with one attached hydrogen (secondary N) is 2. The molecule has 2 N–H and O–H groups in total. The Morgan fingerprint density at radius 3 is 1.97 bits per heavy atom. The average molecular weight is 481 g/mol. The summed E-state index contributed by atoms with van der Waals surface area (Å²) >= 11 is 0. The third-order valence-corrected chi connectivity index (χ3v) is 6.97. The van der Waals surface area contributed by atoms with Gasteiger partial charge in [0.15, 0.2) is 21.5 Å². The van der Waals surface area contributed by atoms with E-state index in [2.05, 4.69) is 10.0 Å². The van der Waals surface area contributed by atoms with E-state index in [4.69, 9.17) is 0 Å². The molecule has 0 saturated heterocycles. The van der Waals surface area contributed by atoms with Crippen LogP contribution in [0.25, 0.3) is 0 Å². The van der Waals surface area contributed by atoms with E-state index < -0.39 is 42.3 Å². The first-order chi connectivity index (χ1) is 14.9. The summed E-state index contributed by atoms with van der Waals surface area (Å²) < 4.78 is 76.8. The zero-order valence-corrected chi connectivity index (χ0v) is 18.5. The fraction of sp³-hybridized carbons (Fsp3) is 0.0952. The van der Waals surface area contributed by atoms with Gasteiger partial charge in [0.1, 0.15) is 0 Å². The lowest BCUT2D eigenvalue weighted by Crippen LogP contribution is -2.15. The maximum atomic E-state index is 13.3. The fourth-order valence-corrected chi connectivity index (χ4v) is 4.47. The van der Waals surface area contributed by atoms with Crippen LogP contribution in [0.5, 0.6) is 0 Å². The Morgan fingerprint density at radius 2 is 1.38 bits per heavy atom. The van der Waals surface area contributed by atoms with Crippen molar-refractivity contribution in [2.24, 2.45) is 0 Å². The van der Waals surface area contributed by atoms with Gasteiger partial charge in [-0.3, -0.25) is 9.52 Å². The minimum absolute atomic E-state index is 0.00948. The van der Waals surface area contributed by atoms with Crippen LogP contribution in [0.3, 0.4) is 0 Å². The molecule has 3 rings (SSSR count). The van der Waals surface area contributed by atoms with Crippen molar-refractivity contribution in [1.82, 2.24) is 0 Å². The van der Waals surface area contributed by atoms with Gasteiger partial charge in [-0.1, -0.05) is 6.07 Å². The van der Waals surface area contributed by atoms with Crippen molar-refractivity contribution in [2.45, 2.75) is 16.7 Å². The van der Waals surface area contributed by atoms with Crippen molar-refractivity contribution in [3.63, 3.8) is 0 Å². The van der Waals surface area contributed by atoms with Crippen molar-refractivity contribution < 1.29 is 30.4 Å². The lowest BCUT2D eigenvalue weighted by Gasteiger charge is -2.11. The van der Waals surface area contributed by atoms with Gasteiger partial charge >= 0.3 is 0 Å². The van der Waals surface area contributed by atoms with Crippen LogP contribution in [0.15, 0.2) is 70.5 Å². The predicted octanol–water partition coefficient (Wildman–Crippen LogP) is 3.73. The summed E-state index contributed by atoms with van der Waals surface area (Å²) in [5, 5.41) is 2.61. The van der Waals surface area contributed by atoms with E-state index in [1.807, 2.05) is 0 Å². The number of sulfone groups is 1. The monoisotopic (exact) mass is 480 g/mol. The number of anilines is 2. The van der Waals surface area contributed by atoms with E-state index in [0.29, 0.717) is 23.4 Å². The molecular formula is C21H18F2N2O5S2. The molecule has 0 heterocycles. The van der Waals surface area contributed by atoms with Gasteiger partial charge in [-0.2, -0.15) is 0 Å². The minimum Gasteiger partial charge on any atom is -0.322 e. The van der Waals surface area contributed by atoms with Crippen LogP contribution in [0.1, 0.15) is 15.9 Å². The second-order valence-electron chi connectivity index (χ2n) is 6.96. The van der Waals surface area contributed by atoms with Crippen LogP contribution in [0, 0.1) is 18.6 Å². The number of carbonyl (C=O) groups is 1. The first kappa shape index (κ1) is 23.4. The Morgan fingerprint density at radius 1 is 0.781 bits per heavy atom. The molecule has 7 nitrogen and oxygen atoms in total. The van der Waals surface area contributed by atoms with Crippen LogP contribution >= 0.6 is 0 Å². The number of sulfonamides is 1. The molecule has 32 heavy (non-hydrogen) atoms. The molecule has 0 bridgehead atoms. The van der Waals surface area contributed by atoms with Crippen LogP contribution in [0.2, 0.25) is 0 Å². The third kappa shape index (κ3) is 5.29. The highest BCUT2D eigenvalue weighted by Gasteiger charge is 2.17. The van der Waals surface area contributed by atoms with Crippen molar-refractivity contribution >= 4 is 37.1 Å². The second kappa shape index (κ2) is 8.67. The number of hydrogen-bond donors (Lipinski definition) is 2. The molecule has 0 unspecified atom stereocenters. The van der Waals surface area contributed by atoms with Gasteiger partial charge in [0.05, 0.1) is 9.79 Å². The highest BCUT2D eigenvalue weighted by molar-refractivity contribution is 7.92. The maximum Gasteiger partial charge on any atom is 0.261 e. The summed E-state index contributed by atoms with van der Waals surface area (Å²) in [6.45, 7) is 1.66. The van der Waals surface area contributed by atoms with Crippen molar-refractivity contribution in [3.05, 3.63) is 83.4 Å². The lowest BCUT2D eigenvalue weighted by molar-refractivity contribution is 0.102. The predicted molar refractivity (Wildman–Crippen MR) is 116 cm³/mol. The summed E-state index contributed by atoms with van der Waals surface area (Å²) in [7, 11) is -7.65. The largest absolute Gasteiger partial charge is 0.322 e. The summed E-state index contributed by atoms with van der Waals surface area (Å²) in [6, 6.07) is 12.0. The molecule has 168 valence electrons. The molecule has 0 aliphatic rings. The fourth-order valence-electron chi connectivity index (χ4n) is 2.75. The van der Waals surface area contributed by atoms with Gasteiger partial charge in [0.2, 0.25) is 0 Å². The number of amides is 1. The van der Waals surface area contributed by atoms with E-state index in [1.54, 1.807) is 6.92 Å². The molecule has 0 radical (unpaired) electrons. The zero-order valence-electron chi connectivity index (χ0n) is 16.9. The smallest absolute Gasteiger partial charge is 0.261 e. The van der Waals surface area contributed by atoms with E-state index in [-0.39, 0.29) is 16.1 Å². The maximum absolute atomic E-state index is 13.3. The SMILES string of the molecule is Cc1ccc(S(C)(=O)=O)cc1C(=O)Nc1ccc(NS(=O)(=O)c2ccc(F)c(F)c2)cc1. The van der Waals surface area contributed by atoms with Gasteiger partial charge in [-0.05, 0) is 67.1 Å². The zero-order chi connectivity index (χ0) is 23.7. The lowest BCUT2D eigenvalue weighted by atomic mass is 10.1. The standard InChI is InChI=1S/C21H18F2N2O5S2/c1-13-3-8-16(31(2,27)28)11-18(13)21(26)24-14-4-6-15(7-5-14)25-32(29,30)17-9-10-19(22)20(23)12-17/h3-12,25H,1-2H3,(H,24,26). The second-order valence-corrected chi connectivity index (χ2v) is 10.7. The minimum atomic E-state index is -4.16. The normalized spacial score (nSPS) is 11.8. The summed E-state index contributed by atoms with van der Waals surface area (Å²) in [4.78, 5) is 12.1. The Hall–Kier alpha value is -3.31. The first-order valence-electron chi connectivity index (χ1n) is 9.07. The number of aryl methyl sites for hydroxylation is 1. The van der Waals surface area contributed by atoms with Crippen LogP contribution < -0.4 is 10.0 Å². The number of benzene rings is 3. The molecule has 11 heteroatoms. The highest BCUT2D eigenvalue weighted by Crippen LogP contribution is 2.21. The van der Waals surface area contributed by atoms with E-state index in [9.17, 15) is 30.4 Å². The van der Waals surface area contributed by atoms with Crippen LogP contribution in [-0.2, 0) is 19.9 Å². The van der Waals surface area contributed by atoms with Gasteiger partial charge in [-0.15, -0.1) is 0 Å². The first-order valence-corrected chi connectivity index (χ1v) is 12.4. The Labute approximate surface area is 184 Å². The van der Waals surface area contributed by atoms with E-state index >= 15 is 0 Å². The molecule has 0 spiro atoms. The van der Waals surface area contributed by atoms with Gasteiger partial charge in [0, 0.05) is 23.2 Å². The molecule has 0 fully saturated rings. The Balaban J connectivity index is 1.76. The topological polar surface area (TPSA) is 109 Å². The number of rotatable bonds is 6. The Kier molecular flexibility index (Phi) is 6.33. The molecular weight excluding hydrogens is 462 g/mol.